The maximum atomic E-state index is 11.8. The molecule has 1 unspecified atom stereocenters. The molecule has 3 N–H and O–H groups in total. The van der Waals surface area contributed by atoms with Crippen molar-refractivity contribution in [1.82, 2.24) is 10.6 Å². The predicted octanol–water partition coefficient (Wildman–Crippen LogP) is 1.19. The Balaban J connectivity index is 1.80. The number of hydrogen-bond acceptors (Lipinski definition) is 3. The van der Waals surface area contributed by atoms with Gasteiger partial charge in [-0.05, 0) is 50.9 Å². The first kappa shape index (κ1) is 13.8. The van der Waals surface area contributed by atoms with Crippen LogP contribution >= 0.6 is 0 Å². The average Bonchev–Trinajstić information content (AvgIpc) is 2.56. The van der Waals surface area contributed by atoms with Gasteiger partial charge in [0.2, 0.25) is 5.91 Å². The Morgan fingerprint density at radius 3 is 2.78 bits per heavy atom. The lowest BCUT2D eigenvalue weighted by atomic mass is 9.79. The summed E-state index contributed by atoms with van der Waals surface area (Å²) in [6.07, 6.45) is 6.92. The average molecular weight is 254 g/mol. The number of carbonyl (C=O) groups excluding carboxylic acids is 1. The van der Waals surface area contributed by atoms with Gasteiger partial charge in [0.25, 0.3) is 0 Å². The summed E-state index contributed by atoms with van der Waals surface area (Å²) in [5.41, 5.74) is -0.598. The van der Waals surface area contributed by atoms with E-state index in [-0.39, 0.29) is 11.9 Å². The number of nitrogens with one attached hydrogen (secondary N) is 2. The van der Waals surface area contributed by atoms with Gasteiger partial charge in [0.1, 0.15) is 0 Å². The Labute approximate surface area is 110 Å². The number of hydrogen-bond donors (Lipinski definition) is 3. The Morgan fingerprint density at radius 2 is 2.06 bits per heavy atom. The second-order valence-corrected chi connectivity index (χ2v) is 6.13. The van der Waals surface area contributed by atoms with Crippen LogP contribution in [0.2, 0.25) is 0 Å². The maximum absolute atomic E-state index is 11.8. The molecular formula is C14H26N2O2. The molecule has 2 rings (SSSR count). The summed E-state index contributed by atoms with van der Waals surface area (Å²) in [5, 5.41) is 16.7. The van der Waals surface area contributed by atoms with Gasteiger partial charge in [0, 0.05) is 13.1 Å². The van der Waals surface area contributed by atoms with Crippen LogP contribution in [0.4, 0.5) is 0 Å². The van der Waals surface area contributed by atoms with E-state index in [4.69, 9.17) is 0 Å². The highest BCUT2D eigenvalue weighted by atomic mass is 16.3. The van der Waals surface area contributed by atoms with Gasteiger partial charge in [-0.2, -0.15) is 0 Å². The zero-order valence-corrected chi connectivity index (χ0v) is 11.4. The van der Waals surface area contributed by atoms with E-state index in [2.05, 4.69) is 17.6 Å². The Hall–Kier alpha value is -0.610. The SMILES string of the molecule is CC1CCC(O)(CNC2CCCCNC2=O)CC1. The van der Waals surface area contributed by atoms with Crippen LogP contribution in [0.5, 0.6) is 0 Å². The van der Waals surface area contributed by atoms with Crippen molar-refractivity contribution in [3.05, 3.63) is 0 Å². The van der Waals surface area contributed by atoms with Crippen molar-refractivity contribution in [2.24, 2.45) is 5.92 Å². The summed E-state index contributed by atoms with van der Waals surface area (Å²) in [7, 11) is 0. The molecule has 2 aliphatic rings. The van der Waals surface area contributed by atoms with E-state index >= 15 is 0 Å². The fraction of sp³-hybridized carbons (Fsp3) is 0.929. The van der Waals surface area contributed by atoms with Gasteiger partial charge < -0.3 is 15.7 Å². The molecule has 1 aliphatic carbocycles. The molecule has 0 aromatic rings. The molecule has 0 radical (unpaired) electrons. The molecule has 1 amide bonds. The fourth-order valence-corrected chi connectivity index (χ4v) is 2.92. The zero-order chi connectivity index (χ0) is 13.0. The molecule has 0 bridgehead atoms. The van der Waals surface area contributed by atoms with Crippen LogP contribution in [0.25, 0.3) is 0 Å². The lowest BCUT2D eigenvalue weighted by Crippen LogP contribution is -2.50. The van der Waals surface area contributed by atoms with Crippen molar-refractivity contribution >= 4 is 5.91 Å². The van der Waals surface area contributed by atoms with Crippen molar-refractivity contribution in [3.8, 4) is 0 Å². The van der Waals surface area contributed by atoms with Gasteiger partial charge in [-0.15, -0.1) is 0 Å². The van der Waals surface area contributed by atoms with Crippen molar-refractivity contribution < 1.29 is 9.90 Å². The Kier molecular flexibility index (Phi) is 4.62. The number of aliphatic hydroxyl groups is 1. The van der Waals surface area contributed by atoms with Crippen LogP contribution in [-0.2, 0) is 4.79 Å². The summed E-state index contributed by atoms with van der Waals surface area (Å²) >= 11 is 0. The van der Waals surface area contributed by atoms with E-state index in [0.717, 1.165) is 57.4 Å². The molecule has 1 heterocycles. The smallest absolute Gasteiger partial charge is 0.237 e. The van der Waals surface area contributed by atoms with E-state index in [0.29, 0.717) is 6.54 Å². The minimum Gasteiger partial charge on any atom is -0.389 e. The summed E-state index contributed by atoms with van der Waals surface area (Å²) in [6.45, 7) is 3.59. The summed E-state index contributed by atoms with van der Waals surface area (Å²) < 4.78 is 0. The van der Waals surface area contributed by atoms with Crippen LogP contribution in [0.15, 0.2) is 0 Å². The molecular weight excluding hydrogens is 228 g/mol. The third kappa shape index (κ3) is 3.69. The normalized spacial score (nSPS) is 38.0. The molecule has 0 spiro atoms. The molecule has 4 heteroatoms. The van der Waals surface area contributed by atoms with Gasteiger partial charge in [-0.3, -0.25) is 4.79 Å². The molecule has 1 saturated heterocycles. The molecule has 2 fully saturated rings. The van der Waals surface area contributed by atoms with Gasteiger partial charge in [-0.1, -0.05) is 6.92 Å². The zero-order valence-electron chi connectivity index (χ0n) is 11.4. The van der Waals surface area contributed by atoms with Crippen molar-refractivity contribution in [2.45, 2.75) is 63.5 Å². The number of rotatable bonds is 3. The second-order valence-electron chi connectivity index (χ2n) is 6.13. The van der Waals surface area contributed by atoms with Crippen LogP contribution in [0.1, 0.15) is 51.9 Å². The quantitative estimate of drug-likeness (QED) is 0.709. The molecule has 1 saturated carbocycles. The standard InChI is InChI=1S/C14H26N2O2/c1-11-5-7-14(18,8-6-11)10-16-12-4-2-3-9-15-13(12)17/h11-12,16,18H,2-10H2,1H3,(H,15,17). The molecule has 0 aromatic carbocycles. The molecule has 104 valence electrons. The molecule has 1 atom stereocenters. The topological polar surface area (TPSA) is 61.4 Å². The van der Waals surface area contributed by atoms with E-state index in [9.17, 15) is 9.90 Å². The van der Waals surface area contributed by atoms with E-state index in [1.165, 1.54) is 0 Å². The first-order valence-corrected chi connectivity index (χ1v) is 7.32. The third-order valence-corrected chi connectivity index (χ3v) is 4.42. The van der Waals surface area contributed by atoms with Crippen molar-refractivity contribution in [3.63, 3.8) is 0 Å². The van der Waals surface area contributed by atoms with Crippen LogP contribution < -0.4 is 10.6 Å². The van der Waals surface area contributed by atoms with Gasteiger partial charge in [0.15, 0.2) is 0 Å². The third-order valence-electron chi connectivity index (χ3n) is 4.42. The van der Waals surface area contributed by atoms with Crippen molar-refractivity contribution in [2.75, 3.05) is 13.1 Å². The van der Waals surface area contributed by atoms with Crippen molar-refractivity contribution in [1.29, 1.82) is 0 Å². The minimum absolute atomic E-state index is 0.0975. The summed E-state index contributed by atoms with van der Waals surface area (Å²) in [6, 6.07) is -0.115. The van der Waals surface area contributed by atoms with Gasteiger partial charge >= 0.3 is 0 Å². The van der Waals surface area contributed by atoms with Crippen LogP contribution in [0, 0.1) is 5.92 Å². The molecule has 4 nitrogen and oxygen atoms in total. The monoisotopic (exact) mass is 254 g/mol. The predicted molar refractivity (Wildman–Crippen MR) is 71.2 cm³/mol. The van der Waals surface area contributed by atoms with Gasteiger partial charge in [-0.25, -0.2) is 0 Å². The molecule has 18 heavy (non-hydrogen) atoms. The maximum Gasteiger partial charge on any atom is 0.237 e. The number of amides is 1. The largest absolute Gasteiger partial charge is 0.389 e. The van der Waals surface area contributed by atoms with E-state index in [1.54, 1.807) is 0 Å². The first-order valence-electron chi connectivity index (χ1n) is 7.32. The highest BCUT2D eigenvalue weighted by Crippen LogP contribution is 2.31. The Bertz CT molecular complexity index is 286. The molecule has 1 aliphatic heterocycles. The van der Waals surface area contributed by atoms with E-state index < -0.39 is 5.60 Å². The van der Waals surface area contributed by atoms with Crippen LogP contribution in [-0.4, -0.2) is 35.7 Å². The summed E-state index contributed by atoms with van der Waals surface area (Å²) in [5.74, 6) is 0.826. The fourth-order valence-electron chi connectivity index (χ4n) is 2.92. The first-order chi connectivity index (χ1) is 8.59. The van der Waals surface area contributed by atoms with E-state index in [1.807, 2.05) is 0 Å². The lowest BCUT2D eigenvalue weighted by molar-refractivity contribution is -0.123. The molecule has 0 aromatic heterocycles. The number of carbonyl (C=O) groups is 1. The lowest BCUT2D eigenvalue weighted by Gasteiger charge is -2.36. The highest BCUT2D eigenvalue weighted by molar-refractivity contribution is 5.81. The minimum atomic E-state index is -0.598. The summed E-state index contributed by atoms with van der Waals surface area (Å²) in [4.78, 5) is 11.8. The Morgan fingerprint density at radius 1 is 1.33 bits per heavy atom. The highest BCUT2D eigenvalue weighted by Gasteiger charge is 2.33. The van der Waals surface area contributed by atoms with Crippen LogP contribution in [0.3, 0.4) is 0 Å². The van der Waals surface area contributed by atoms with Gasteiger partial charge in [0.05, 0.1) is 11.6 Å². The second kappa shape index (κ2) is 6.02.